The van der Waals surface area contributed by atoms with Gasteiger partial charge in [0.15, 0.2) is 0 Å². The first-order valence-electron chi connectivity index (χ1n) is 9.66. The van der Waals surface area contributed by atoms with Crippen molar-refractivity contribution < 1.29 is 20.3 Å². The topological polar surface area (TPSA) is 122 Å². The number of hydrogen-bond donors (Lipinski definition) is 5. The van der Waals surface area contributed by atoms with Crippen molar-refractivity contribution in [3.63, 3.8) is 0 Å². The van der Waals surface area contributed by atoms with E-state index in [-0.39, 0.29) is 35.3 Å². The van der Waals surface area contributed by atoms with Crippen molar-refractivity contribution in [1.29, 1.82) is 0 Å². The van der Waals surface area contributed by atoms with Gasteiger partial charge in [0.1, 0.15) is 0 Å². The average Bonchev–Trinajstić information content (AvgIpc) is 2.70. The zero-order valence-electron chi connectivity index (χ0n) is 16.8. The van der Waals surface area contributed by atoms with Gasteiger partial charge in [-0.25, -0.2) is 9.97 Å². The predicted octanol–water partition coefficient (Wildman–Crippen LogP) is -0.455. The van der Waals surface area contributed by atoms with Gasteiger partial charge in [-0.2, -0.15) is 0 Å². The molecule has 0 aliphatic carbocycles. The van der Waals surface area contributed by atoms with Crippen molar-refractivity contribution >= 4 is 30.9 Å². The molecule has 2 saturated heterocycles. The average molecular weight is 417 g/mol. The van der Waals surface area contributed by atoms with Crippen LogP contribution in [0, 0.1) is 10.8 Å². The van der Waals surface area contributed by atoms with Crippen LogP contribution in [-0.4, -0.2) is 76.7 Å². The summed E-state index contributed by atoms with van der Waals surface area (Å²) in [6.45, 7) is 8.51. The summed E-state index contributed by atoms with van der Waals surface area (Å²) < 4.78 is 0. The molecule has 0 atom stereocenters. The van der Waals surface area contributed by atoms with Crippen LogP contribution in [0.5, 0.6) is 0 Å². The standard InChI is InChI=1S/C11H18BN3O3.C7H15NO.ClH/c1-11(8-16)2-4-15(5-3-11)10-13-6-9(7-14-10)12(17)18;1-7(6-9)2-4-8-5-3-7;/h6-7,16-18H,2-5,8H2,1H3;8-9H,2-6H2,1H3;1H. The van der Waals surface area contributed by atoms with Crippen LogP contribution in [0.1, 0.15) is 39.5 Å². The molecule has 10 heteroatoms. The van der Waals surface area contributed by atoms with E-state index in [2.05, 4.69) is 29.1 Å². The fraction of sp³-hybridized carbons (Fsp3) is 0.778. The molecular weight excluding hydrogens is 382 g/mol. The highest BCUT2D eigenvalue weighted by molar-refractivity contribution is 6.58. The van der Waals surface area contributed by atoms with Gasteiger partial charge in [-0.15, -0.1) is 12.4 Å². The smallest absolute Gasteiger partial charge is 0.423 e. The zero-order valence-corrected chi connectivity index (χ0v) is 17.7. The van der Waals surface area contributed by atoms with Crippen LogP contribution < -0.4 is 15.7 Å². The molecule has 1 aromatic rings. The Hall–Kier alpha value is -0.965. The Kier molecular flexibility index (Phi) is 10.1. The van der Waals surface area contributed by atoms with Crippen molar-refractivity contribution in [2.75, 3.05) is 44.3 Å². The number of aliphatic hydroxyl groups excluding tert-OH is 2. The summed E-state index contributed by atoms with van der Waals surface area (Å²) in [7, 11) is -1.53. The molecule has 2 aliphatic heterocycles. The largest absolute Gasteiger partial charge is 0.491 e. The van der Waals surface area contributed by atoms with E-state index < -0.39 is 7.12 Å². The monoisotopic (exact) mass is 416 g/mol. The molecule has 2 fully saturated rings. The van der Waals surface area contributed by atoms with Crippen LogP contribution >= 0.6 is 12.4 Å². The Balaban J connectivity index is 0.000000332. The molecule has 0 aromatic carbocycles. The fourth-order valence-electron chi connectivity index (χ4n) is 3.22. The summed E-state index contributed by atoms with van der Waals surface area (Å²) in [5.41, 5.74) is 0.499. The van der Waals surface area contributed by atoms with Crippen LogP contribution in [0.3, 0.4) is 0 Å². The fourth-order valence-corrected chi connectivity index (χ4v) is 3.22. The lowest BCUT2D eigenvalue weighted by atomic mass is 9.81. The van der Waals surface area contributed by atoms with E-state index in [0.29, 0.717) is 12.6 Å². The third-order valence-corrected chi connectivity index (χ3v) is 5.78. The first kappa shape index (κ1) is 25.1. The number of nitrogens with zero attached hydrogens (tertiary/aromatic N) is 3. The molecule has 28 heavy (non-hydrogen) atoms. The van der Waals surface area contributed by atoms with Crippen molar-refractivity contribution in [3.8, 4) is 0 Å². The molecule has 0 radical (unpaired) electrons. The van der Waals surface area contributed by atoms with Gasteiger partial charge in [-0.3, -0.25) is 0 Å². The highest BCUT2D eigenvalue weighted by Crippen LogP contribution is 2.31. The number of aromatic nitrogens is 2. The lowest BCUT2D eigenvalue weighted by Crippen LogP contribution is -2.41. The molecule has 1 aromatic heterocycles. The van der Waals surface area contributed by atoms with Crippen LogP contribution in [0.25, 0.3) is 0 Å². The molecule has 0 unspecified atom stereocenters. The number of aliphatic hydroxyl groups is 2. The first-order valence-corrected chi connectivity index (χ1v) is 9.66. The summed E-state index contributed by atoms with van der Waals surface area (Å²) in [6.07, 6.45) is 6.88. The molecule has 5 N–H and O–H groups in total. The molecule has 2 aliphatic rings. The molecule has 0 spiro atoms. The van der Waals surface area contributed by atoms with E-state index >= 15 is 0 Å². The van der Waals surface area contributed by atoms with E-state index in [1.165, 1.54) is 12.4 Å². The van der Waals surface area contributed by atoms with Crippen LogP contribution in [0.2, 0.25) is 0 Å². The SMILES string of the molecule is CC1(CO)CCN(c2ncc(B(O)O)cn2)CC1.CC1(CO)CCNCC1.Cl. The van der Waals surface area contributed by atoms with Crippen molar-refractivity contribution in [3.05, 3.63) is 12.4 Å². The van der Waals surface area contributed by atoms with Gasteiger partial charge in [-0.05, 0) is 49.6 Å². The Labute approximate surface area is 174 Å². The Bertz CT molecular complexity index is 565. The lowest BCUT2D eigenvalue weighted by Gasteiger charge is -2.38. The van der Waals surface area contributed by atoms with E-state index in [4.69, 9.17) is 15.2 Å². The highest BCUT2D eigenvalue weighted by atomic mass is 35.5. The second-order valence-corrected chi connectivity index (χ2v) is 8.36. The summed E-state index contributed by atoms with van der Waals surface area (Å²) >= 11 is 0. The molecule has 8 nitrogen and oxygen atoms in total. The van der Waals surface area contributed by atoms with Gasteiger partial charge >= 0.3 is 7.12 Å². The number of hydrogen-bond acceptors (Lipinski definition) is 8. The number of nitrogens with one attached hydrogen (secondary N) is 1. The third-order valence-electron chi connectivity index (χ3n) is 5.78. The molecule has 0 saturated carbocycles. The quantitative estimate of drug-likeness (QED) is 0.418. The minimum absolute atomic E-state index is 0. The van der Waals surface area contributed by atoms with Gasteiger partial charge in [0.2, 0.25) is 5.95 Å². The lowest BCUT2D eigenvalue weighted by molar-refractivity contribution is 0.107. The second-order valence-electron chi connectivity index (χ2n) is 8.36. The van der Waals surface area contributed by atoms with Crippen molar-refractivity contribution in [1.82, 2.24) is 15.3 Å². The summed E-state index contributed by atoms with van der Waals surface area (Å²) in [6, 6.07) is 0. The van der Waals surface area contributed by atoms with Crippen LogP contribution in [0.4, 0.5) is 5.95 Å². The van der Waals surface area contributed by atoms with E-state index in [0.717, 1.165) is 51.9 Å². The second kappa shape index (κ2) is 11.3. The Morgan fingerprint density at radius 1 is 0.964 bits per heavy atom. The Morgan fingerprint density at radius 2 is 1.43 bits per heavy atom. The van der Waals surface area contributed by atoms with Gasteiger partial charge in [0, 0.05) is 44.2 Å². The van der Waals surface area contributed by atoms with E-state index in [1.807, 2.05) is 4.90 Å². The predicted molar refractivity (Wildman–Crippen MR) is 113 cm³/mol. The van der Waals surface area contributed by atoms with Crippen LogP contribution in [-0.2, 0) is 0 Å². The normalized spacial score (nSPS) is 20.4. The minimum atomic E-state index is -1.53. The number of rotatable bonds is 4. The zero-order chi connectivity index (χ0) is 19.9. The number of anilines is 1. The molecule has 3 heterocycles. The summed E-state index contributed by atoms with van der Waals surface area (Å²) in [4.78, 5) is 10.3. The van der Waals surface area contributed by atoms with Crippen LogP contribution in [0.15, 0.2) is 12.4 Å². The Morgan fingerprint density at radius 3 is 1.82 bits per heavy atom. The number of piperidine rings is 2. The maximum absolute atomic E-state index is 9.30. The molecule has 3 rings (SSSR count). The van der Waals surface area contributed by atoms with Gasteiger partial charge in [-0.1, -0.05) is 13.8 Å². The molecular formula is C18H34BClN4O4. The van der Waals surface area contributed by atoms with Crippen molar-refractivity contribution in [2.24, 2.45) is 10.8 Å². The van der Waals surface area contributed by atoms with Gasteiger partial charge in [0.25, 0.3) is 0 Å². The molecule has 160 valence electrons. The molecule has 0 amide bonds. The van der Waals surface area contributed by atoms with Gasteiger partial charge < -0.3 is 30.5 Å². The summed E-state index contributed by atoms with van der Waals surface area (Å²) in [5.74, 6) is 0.597. The van der Waals surface area contributed by atoms with E-state index in [9.17, 15) is 5.11 Å². The molecule has 0 bridgehead atoms. The first-order chi connectivity index (χ1) is 12.8. The maximum atomic E-state index is 9.30. The number of halogens is 1. The van der Waals surface area contributed by atoms with Crippen molar-refractivity contribution in [2.45, 2.75) is 39.5 Å². The van der Waals surface area contributed by atoms with Gasteiger partial charge in [0.05, 0.1) is 0 Å². The maximum Gasteiger partial charge on any atom is 0.491 e. The minimum Gasteiger partial charge on any atom is -0.423 e. The highest BCUT2D eigenvalue weighted by Gasteiger charge is 2.30. The third kappa shape index (κ3) is 7.13. The summed E-state index contributed by atoms with van der Waals surface area (Å²) in [5, 5.41) is 39.4. The van der Waals surface area contributed by atoms with E-state index in [1.54, 1.807) is 0 Å².